The van der Waals surface area contributed by atoms with Gasteiger partial charge in [0.05, 0.1) is 11.9 Å². The number of carbonyl (C=O) groups is 1. The molecule has 0 atom stereocenters. The molecular formula is C18H18N2O3S. The van der Waals surface area contributed by atoms with E-state index in [9.17, 15) is 14.4 Å². The smallest absolute Gasteiger partial charge is 0.298 e. The summed E-state index contributed by atoms with van der Waals surface area (Å²) in [7, 11) is 0. The summed E-state index contributed by atoms with van der Waals surface area (Å²) in [5, 5.41) is 0.491. The van der Waals surface area contributed by atoms with E-state index in [-0.39, 0.29) is 12.3 Å². The largest absolute Gasteiger partial charge is 0.329 e. The van der Waals surface area contributed by atoms with Gasteiger partial charge in [0.2, 0.25) is 0 Å². The number of aryl methyl sites for hydroxylation is 4. The van der Waals surface area contributed by atoms with Crippen LogP contribution in [0.25, 0.3) is 10.2 Å². The van der Waals surface area contributed by atoms with Gasteiger partial charge < -0.3 is 0 Å². The minimum absolute atomic E-state index is 0.255. The molecule has 0 bridgehead atoms. The zero-order valence-corrected chi connectivity index (χ0v) is 14.8. The van der Waals surface area contributed by atoms with Crippen molar-refractivity contribution in [1.82, 2.24) is 9.55 Å². The van der Waals surface area contributed by atoms with Crippen LogP contribution in [0.3, 0.4) is 0 Å². The molecule has 3 rings (SSSR count). The monoisotopic (exact) mass is 342 g/mol. The van der Waals surface area contributed by atoms with Crippen molar-refractivity contribution in [2.45, 2.75) is 34.2 Å². The summed E-state index contributed by atoms with van der Waals surface area (Å²) in [5.41, 5.74) is 2.49. The van der Waals surface area contributed by atoms with E-state index in [1.807, 2.05) is 33.8 Å². The standard InChI is InChI=1S/C18H18N2O3S/c1-9-5-6-13(7-10(9)2)14(21)8-20-17(22)15-11(3)12(4)24-16(15)19-18(20)23/h5-7H,8H2,1-4H3,(H,19,23). The second kappa shape index (κ2) is 5.87. The molecule has 3 aromatic rings. The number of hydrogen-bond acceptors (Lipinski definition) is 4. The average Bonchev–Trinajstić information content (AvgIpc) is 2.80. The minimum Gasteiger partial charge on any atom is -0.298 e. The Kier molecular flexibility index (Phi) is 4.01. The summed E-state index contributed by atoms with van der Waals surface area (Å²) in [5.74, 6) is -0.255. The summed E-state index contributed by atoms with van der Waals surface area (Å²) >= 11 is 1.38. The van der Waals surface area contributed by atoms with E-state index in [1.54, 1.807) is 12.1 Å². The van der Waals surface area contributed by atoms with Gasteiger partial charge in [-0.1, -0.05) is 12.1 Å². The highest BCUT2D eigenvalue weighted by atomic mass is 32.1. The second-order valence-corrected chi connectivity index (χ2v) is 7.26. The van der Waals surface area contributed by atoms with E-state index in [4.69, 9.17) is 0 Å². The normalized spacial score (nSPS) is 11.2. The summed E-state index contributed by atoms with van der Waals surface area (Å²) < 4.78 is 0.985. The quantitative estimate of drug-likeness (QED) is 0.744. The number of Topliss-reactive ketones (excluding diaryl/α,β-unsaturated/α-hetero) is 1. The lowest BCUT2D eigenvalue weighted by atomic mass is 10.0. The van der Waals surface area contributed by atoms with Gasteiger partial charge in [0.25, 0.3) is 5.56 Å². The molecule has 0 aliphatic rings. The fourth-order valence-electron chi connectivity index (χ4n) is 2.66. The molecule has 0 amide bonds. The number of nitrogens with zero attached hydrogens (tertiary/aromatic N) is 1. The Balaban J connectivity index is 2.08. The number of fused-ring (bicyclic) bond motifs is 1. The maximum atomic E-state index is 12.7. The van der Waals surface area contributed by atoms with Crippen molar-refractivity contribution >= 4 is 27.3 Å². The number of H-pyrrole nitrogens is 1. The lowest BCUT2D eigenvalue weighted by Gasteiger charge is -2.07. The van der Waals surface area contributed by atoms with Crippen LogP contribution >= 0.6 is 11.3 Å². The highest BCUT2D eigenvalue weighted by Crippen LogP contribution is 2.24. The Hall–Kier alpha value is -2.47. The predicted molar refractivity (Wildman–Crippen MR) is 96.4 cm³/mol. The summed E-state index contributed by atoms with van der Waals surface area (Å²) in [4.78, 5) is 41.7. The van der Waals surface area contributed by atoms with Crippen LogP contribution < -0.4 is 11.2 Å². The Morgan fingerprint density at radius 3 is 2.50 bits per heavy atom. The fourth-order valence-corrected chi connectivity index (χ4v) is 3.70. The van der Waals surface area contributed by atoms with Gasteiger partial charge >= 0.3 is 5.69 Å². The number of benzene rings is 1. The van der Waals surface area contributed by atoms with E-state index in [1.165, 1.54) is 11.3 Å². The predicted octanol–water partition coefficient (Wildman–Crippen LogP) is 2.87. The minimum atomic E-state index is -0.550. The third-order valence-corrected chi connectivity index (χ3v) is 5.56. The van der Waals surface area contributed by atoms with Gasteiger partial charge in [-0.25, -0.2) is 4.79 Å². The second-order valence-electron chi connectivity index (χ2n) is 6.03. The molecule has 0 saturated carbocycles. The number of thiophene rings is 1. The van der Waals surface area contributed by atoms with Crippen LogP contribution in [-0.2, 0) is 6.54 Å². The molecule has 24 heavy (non-hydrogen) atoms. The molecule has 2 heterocycles. The van der Waals surface area contributed by atoms with E-state index < -0.39 is 11.2 Å². The van der Waals surface area contributed by atoms with Crippen molar-refractivity contribution in [2.24, 2.45) is 0 Å². The molecule has 0 radical (unpaired) electrons. The number of ketones is 1. The van der Waals surface area contributed by atoms with Gasteiger partial charge in [-0.15, -0.1) is 11.3 Å². The molecule has 5 nitrogen and oxygen atoms in total. The van der Waals surface area contributed by atoms with Gasteiger partial charge in [-0.2, -0.15) is 0 Å². The van der Waals surface area contributed by atoms with E-state index in [0.717, 1.165) is 26.1 Å². The third kappa shape index (κ3) is 2.63. The number of rotatable bonds is 3. The molecule has 0 aliphatic heterocycles. The van der Waals surface area contributed by atoms with Crippen LogP contribution in [0.5, 0.6) is 0 Å². The first-order valence-corrected chi connectivity index (χ1v) is 8.44. The van der Waals surface area contributed by atoms with Crippen molar-refractivity contribution < 1.29 is 4.79 Å². The third-order valence-electron chi connectivity index (χ3n) is 4.44. The van der Waals surface area contributed by atoms with Crippen molar-refractivity contribution in [3.63, 3.8) is 0 Å². The maximum Gasteiger partial charge on any atom is 0.329 e. The zero-order valence-electron chi connectivity index (χ0n) is 14.0. The fraction of sp³-hybridized carbons (Fsp3) is 0.278. The SMILES string of the molecule is Cc1ccc(C(=O)Cn2c(=O)[nH]c3sc(C)c(C)c3c2=O)cc1C. The molecule has 0 fully saturated rings. The van der Waals surface area contributed by atoms with Gasteiger partial charge in [0.15, 0.2) is 5.78 Å². The molecule has 6 heteroatoms. The van der Waals surface area contributed by atoms with Crippen LogP contribution in [0.4, 0.5) is 0 Å². The molecule has 2 aromatic heterocycles. The van der Waals surface area contributed by atoms with Crippen molar-refractivity contribution in [3.8, 4) is 0 Å². The Morgan fingerprint density at radius 1 is 1.12 bits per heavy atom. The molecule has 1 N–H and O–H groups in total. The van der Waals surface area contributed by atoms with Crippen LogP contribution in [-0.4, -0.2) is 15.3 Å². The van der Waals surface area contributed by atoms with Crippen molar-refractivity contribution in [3.05, 3.63) is 66.2 Å². The highest BCUT2D eigenvalue weighted by molar-refractivity contribution is 7.18. The molecule has 0 unspecified atom stereocenters. The number of carbonyl (C=O) groups excluding carboxylic acids is 1. The van der Waals surface area contributed by atoms with E-state index >= 15 is 0 Å². The van der Waals surface area contributed by atoms with Crippen LogP contribution in [0.15, 0.2) is 27.8 Å². The summed E-state index contributed by atoms with van der Waals surface area (Å²) in [6.07, 6.45) is 0. The first-order valence-electron chi connectivity index (χ1n) is 7.63. The Labute approximate surface area is 142 Å². The van der Waals surface area contributed by atoms with Gasteiger partial charge in [0, 0.05) is 10.4 Å². The molecule has 124 valence electrons. The number of aromatic nitrogens is 2. The number of aromatic amines is 1. The number of hydrogen-bond donors (Lipinski definition) is 1. The number of nitrogens with one attached hydrogen (secondary N) is 1. The van der Waals surface area contributed by atoms with Crippen LogP contribution in [0.1, 0.15) is 31.9 Å². The maximum absolute atomic E-state index is 12.7. The van der Waals surface area contributed by atoms with Gasteiger partial charge in [-0.3, -0.25) is 19.1 Å². The van der Waals surface area contributed by atoms with E-state index in [2.05, 4.69) is 4.98 Å². The topological polar surface area (TPSA) is 71.9 Å². The summed E-state index contributed by atoms with van der Waals surface area (Å²) in [6, 6.07) is 5.38. The molecule has 0 aliphatic carbocycles. The van der Waals surface area contributed by atoms with Crippen molar-refractivity contribution in [1.29, 1.82) is 0 Å². The molecule has 0 spiro atoms. The Bertz CT molecular complexity index is 1090. The summed E-state index contributed by atoms with van der Waals surface area (Å²) in [6.45, 7) is 7.38. The van der Waals surface area contributed by atoms with Gasteiger partial charge in [0.1, 0.15) is 4.83 Å². The van der Waals surface area contributed by atoms with Gasteiger partial charge in [-0.05, 0) is 50.5 Å². The van der Waals surface area contributed by atoms with E-state index in [0.29, 0.717) is 15.8 Å². The lowest BCUT2D eigenvalue weighted by Crippen LogP contribution is -2.37. The van der Waals surface area contributed by atoms with Crippen LogP contribution in [0.2, 0.25) is 0 Å². The van der Waals surface area contributed by atoms with Crippen molar-refractivity contribution in [2.75, 3.05) is 0 Å². The van der Waals surface area contributed by atoms with Crippen LogP contribution in [0, 0.1) is 27.7 Å². The lowest BCUT2D eigenvalue weighted by molar-refractivity contribution is 0.0969. The molecule has 0 saturated heterocycles. The first-order chi connectivity index (χ1) is 11.3. The first kappa shape index (κ1) is 16.4. The average molecular weight is 342 g/mol. The zero-order chi connectivity index (χ0) is 17.6. The molecular weight excluding hydrogens is 324 g/mol. The molecule has 1 aromatic carbocycles. The Morgan fingerprint density at radius 2 is 1.83 bits per heavy atom. The highest BCUT2D eigenvalue weighted by Gasteiger charge is 2.16.